The summed E-state index contributed by atoms with van der Waals surface area (Å²) in [5.41, 5.74) is 48.0. The Labute approximate surface area is 879 Å². The third-order valence-electron chi connectivity index (χ3n) is 32.6. The fourth-order valence-corrected chi connectivity index (χ4v) is 26.0. The molecule has 0 amide bonds. The van der Waals surface area contributed by atoms with Crippen molar-refractivity contribution in [2.45, 2.75) is 213 Å². The van der Waals surface area contributed by atoms with Crippen LogP contribution in [0.2, 0.25) is 0 Å². The molecule has 0 saturated heterocycles. The highest BCUT2D eigenvalue weighted by Gasteiger charge is 2.41. The Kier molecular flexibility index (Phi) is 23.7. The molecule has 9 aromatic heterocycles. The average Bonchev–Trinajstić information content (AvgIpc) is 1.54. The van der Waals surface area contributed by atoms with Crippen LogP contribution in [-0.4, -0.2) is 27.5 Å². The van der Waals surface area contributed by atoms with Gasteiger partial charge in [-0.1, -0.05) is 353 Å². The predicted molar refractivity (Wildman–Crippen MR) is 619 cm³/mol. The van der Waals surface area contributed by atoms with Crippen molar-refractivity contribution < 1.29 is 27.3 Å². The van der Waals surface area contributed by atoms with Crippen molar-refractivity contribution >= 4 is 104 Å². The first kappa shape index (κ1) is 95.0. The van der Waals surface area contributed by atoms with Crippen molar-refractivity contribution in [2.75, 3.05) is 0 Å². The van der Waals surface area contributed by atoms with Crippen molar-refractivity contribution in [3.8, 4) is 79.0 Å². The maximum absolute atomic E-state index is 6.49. The first-order chi connectivity index (χ1) is 72.8. The van der Waals surface area contributed by atoms with Crippen molar-refractivity contribution in [1.82, 2.24) is 27.5 Å². The van der Waals surface area contributed by atoms with Crippen LogP contribution in [-0.2, 0) is 45.6 Å². The predicted octanol–water partition coefficient (Wildman–Crippen LogP) is 32.3. The number of fused-ring (bicyclic) bond motifs is 18. The molecule has 5 aliphatic heterocycles. The van der Waals surface area contributed by atoms with Crippen LogP contribution in [0.3, 0.4) is 0 Å². The first-order valence-corrected chi connectivity index (χ1v) is 54.7. The molecule has 0 fully saturated rings. The van der Waals surface area contributed by atoms with Gasteiger partial charge in [0, 0.05) is 104 Å². The number of aryl methyl sites for hydroxylation is 3. The molecule has 0 aliphatic carbocycles. The van der Waals surface area contributed by atoms with Gasteiger partial charge in [-0.25, -0.2) is 18.3 Å². The van der Waals surface area contributed by atoms with Crippen LogP contribution in [0.1, 0.15) is 235 Å². The second kappa shape index (κ2) is 37.4. The van der Waals surface area contributed by atoms with Gasteiger partial charge in [0.1, 0.15) is 103 Å². The van der Waals surface area contributed by atoms with Gasteiger partial charge in [-0.05, 0) is 197 Å². The molecule has 0 radical (unpaired) electrons. The SMILES string of the molecule is CC(C)Cc1cccc(CC(C)C)c1-c1c[n+]2c3c4c(cccc4c4ccccc4n13)C2.CC(C)c1cc(-c2ccccc2)cc(C(C)C)c1-[n+]1cnn2c1-c1ccccc1C2.CC(C)c1cc2c(oc3ccccc32)c(C(C)C)c1-n1cc[n+]2c1-c1ccccc1C2.CC(C)c1cccc(C(C)C)c1-c1c[n+]2c3c4c(cccc4c4ccccc4n13)C2.Cc1ccc2c(c1)c1cccc3c1c1n2c(-c2c(C)cccc2C)c[n+]1C3. The molecule has 5 aliphatic rings. The molecule has 742 valence electrons. The fourth-order valence-electron chi connectivity index (χ4n) is 26.0. The number of hydrogen-bond acceptors (Lipinski definition) is 2. The molecule has 0 unspecified atom stereocenters. The van der Waals surface area contributed by atoms with E-state index in [1.807, 2.05) is 6.33 Å². The number of benzene rings is 15. The number of nitrogens with zero attached hydrogens (tertiary/aromatic N) is 11. The van der Waals surface area contributed by atoms with Crippen LogP contribution < -0.4 is 22.8 Å². The molecule has 14 heterocycles. The number of pyridine rings is 3. The van der Waals surface area contributed by atoms with Crippen LogP contribution >= 0.6 is 0 Å². The van der Waals surface area contributed by atoms with Crippen LogP contribution in [0.4, 0.5) is 0 Å². The van der Waals surface area contributed by atoms with E-state index in [1.54, 1.807) is 0 Å². The Bertz CT molecular complexity index is 9520. The number of rotatable bonds is 16. The van der Waals surface area contributed by atoms with Crippen LogP contribution in [0.25, 0.3) is 183 Å². The fraction of sp³-hybridized carbons (Fsp3) is 0.246. The molecule has 0 saturated carbocycles. The second-order valence-electron chi connectivity index (χ2n) is 45.6. The zero-order valence-electron chi connectivity index (χ0n) is 90.2. The van der Waals surface area contributed by atoms with E-state index in [4.69, 9.17) is 9.52 Å². The second-order valence-corrected chi connectivity index (χ2v) is 45.6. The van der Waals surface area contributed by atoms with E-state index in [-0.39, 0.29) is 0 Å². The quantitative estimate of drug-likeness (QED) is 0.0714. The largest absolute Gasteiger partial charge is 0.456 e. The monoisotopic (exact) mass is 1960 g/mol. The van der Waals surface area contributed by atoms with Crippen LogP contribution in [0.15, 0.2) is 339 Å². The Hall–Kier alpha value is -15.9. The minimum absolute atomic E-state index is 0.330. The summed E-state index contributed by atoms with van der Waals surface area (Å²) >= 11 is 0. The number of aromatic nitrogens is 11. The van der Waals surface area contributed by atoms with Gasteiger partial charge in [0.05, 0.1) is 27.3 Å². The van der Waals surface area contributed by atoms with E-state index in [1.165, 1.54) is 261 Å². The molecular formula is C138H134N11O+5. The minimum Gasteiger partial charge on any atom is -0.456 e. The summed E-state index contributed by atoms with van der Waals surface area (Å²) in [7, 11) is 0. The molecule has 12 nitrogen and oxygen atoms in total. The summed E-state index contributed by atoms with van der Waals surface area (Å²) in [6, 6.07) is 109. The molecule has 24 aromatic rings. The topological polar surface area (TPSA) is 68.5 Å². The number of furan rings is 1. The minimum atomic E-state index is 0.330. The van der Waals surface area contributed by atoms with Gasteiger partial charge in [-0.2, -0.15) is 22.3 Å². The van der Waals surface area contributed by atoms with E-state index in [0.717, 1.165) is 56.7 Å². The highest BCUT2D eigenvalue weighted by atomic mass is 16.3. The number of hydrogen-bond donors (Lipinski definition) is 0. The standard InChI is InChI=1S/C30H31N2.C28H27N2O.C28H27N2.C27H28N3.C25H21N2/c1-19(2)15-21-9-7-10-22(16-20(3)4)28(21)27-18-31-17-23-11-8-13-25-24-12-5-6-14-26(24)32(27)30(31)29(23)25;1-17(2)22-15-23-21-11-7-8-12-24(21)31-27(23)25(18(3)4)26(22)30-14-13-29-16-19-9-5-6-10-20(19)28(29)30;1-17(2)20-11-8-12-21(18(3)4)27(20)25-16-29-15-19-9-7-13-23-22-10-5-6-14-24(22)30(25)28(29)26(19)23;1-18(2)24-14-22(20-10-6-5-7-11-20)15-25(19(3)4)26(24)29-17-28-30-16-21-12-8-9-13-23(21)27(29)30;1-15-10-11-21-20(12-15)19-9-5-8-18-13-26-14-22(27(21)25(26)24(18)19)23-16(2)6-4-7-17(23)3/h5-14,18-20H,15-17H2,1-4H3;5-15,17-18H,16H2,1-4H3;5-14,16-18H,15H2,1-4H3;5-15,17-19H,16H2,1-4H3;4-12,14H,13H2,1-3H3/q5*+1. The molecular weight excluding hydrogens is 1830 g/mol. The van der Waals surface area contributed by atoms with Gasteiger partial charge in [0.15, 0.2) is 17.1 Å². The zero-order valence-corrected chi connectivity index (χ0v) is 90.2. The summed E-state index contributed by atoms with van der Waals surface area (Å²) in [6.45, 7) is 48.1. The maximum atomic E-state index is 6.49. The van der Waals surface area contributed by atoms with Gasteiger partial charge in [0.25, 0.3) is 34.9 Å². The van der Waals surface area contributed by atoms with Gasteiger partial charge in [0.2, 0.25) is 0 Å². The van der Waals surface area contributed by atoms with Crippen molar-refractivity contribution in [3.05, 3.63) is 424 Å². The Morgan fingerprint density at radius 3 is 1.31 bits per heavy atom. The Morgan fingerprint density at radius 1 is 0.333 bits per heavy atom. The first-order valence-electron chi connectivity index (χ1n) is 54.7. The highest BCUT2D eigenvalue weighted by molar-refractivity contribution is 6.17. The lowest BCUT2D eigenvalue weighted by molar-refractivity contribution is -0.671. The highest BCUT2D eigenvalue weighted by Crippen LogP contribution is 2.49. The molecule has 0 atom stereocenters. The lowest BCUT2D eigenvalue weighted by atomic mass is 9.87. The lowest BCUT2D eigenvalue weighted by Crippen LogP contribution is -2.34. The Morgan fingerprint density at radius 2 is 0.773 bits per heavy atom. The van der Waals surface area contributed by atoms with E-state index in [9.17, 15) is 0 Å². The number of imidazole rings is 4. The summed E-state index contributed by atoms with van der Waals surface area (Å²) in [5, 5.41) is 19.6. The molecule has 29 rings (SSSR count). The summed E-state index contributed by atoms with van der Waals surface area (Å²) < 4.78 is 30.6. The van der Waals surface area contributed by atoms with Crippen molar-refractivity contribution in [3.63, 3.8) is 0 Å². The lowest BCUT2D eigenvalue weighted by Gasteiger charge is -2.20. The third-order valence-corrected chi connectivity index (χ3v) is 32.6. The van der Waals surface area contributed by atoms with E-state index in [2.05, 4.69) is 505 Å². The van der Waals surface area contributed by atoms with E-state index >= 15 is 0 Å². The molecule has 15 aromatic carbocycles. The zero-order chi connectivity index (χ0) is 103. The summed E-state index contributed by atoms with van der Waals surface area (Å²) in [6.07, 6.45) is 15.8. The van der Waals surface area contributed by atoms with Crippen LogP contribution in [0, 0.1) is 32.6 Å². The summed E-state index contributed by atoms with van der Waals surface area (Å²) in [4.78, 5) is 0. The molecule has 0 bridgehead atoms. The number of para-hydroxylation sites is 3. The van der Waals surface area contributed by atoms with Crippen molar-refractivity contribution in [1.29, 1.82) is 0 Å². The normalized spacial score (nSPS) is 12.9. The third kappa shape index (κ3) is 15.5. The average molecular weight is 1960 g/mol. The van der Waals surface area contributed by atoms with Gasteiger partial charge in [-0.3, -0.25) is 0 Å². The van der Waals surface area contributed by atoms with E-state index < -0.39 is 0 Å². The van der Waals surface area contributed by atoms with Crippen LogP contribution in [0.5, 0.6) is 0 Å². The molecule has 0 N–H and O–H groups in total. The molecule has 0 spiro atoms. The summed E-state index contributed by atoms with van der Waals surface area (Å²) in [5.74, 6) is 6.17. The van der Waals surface area contributed by atoms with Crippen molar-refractivity contribution in [2.24, 2.45) is 11.8 Å². The van der Waals surface area contributed by atoms with Gasteiger partial charge < -0.3 is 4.42 Å². The van der Waals surface area contributed by atoms with Gasteiger partial charge >= 0.3 is 0 Å². The molecule has 150 heavy (non-hydrogen) atoms. The smallest absolute Gasteiger partial charge is 0.295 e. The maximum Gasteiger partial charge on any atom is 0.295 e. The van der Waals surface area contributed by atoms with Gasteiger partial charge in [-0.15, -0.1) is 4.68 Å². The molecule has 12 heteroatoms. The Balaban J connectivity index is 0.0000000971. The van der Waals surface area contributed by atoms with E-state index in [0.29, 0.717) is 47.3 Å².